The molecule has 0 aliphatic rings. The zero-order valence-corrected chi connectivity index (χ0v) is 24.1. The van der Waals surface area contributed by atoms with Gasteiger partial charge in [0, 0.05) is 28.3 Å². The van der Waals surface area contributed by atoms with Crippen molar-refractivity contribution in [3.63, 3.8) is 0 Å². The van der Waals surface area contributed by atoms with E-state index in [1.807, 2.05) is 91.0 Å². The van der Waals surface area contributed by atoms with Crippen LogP contribution in [-0.4, -0.2) is 34.2 Å². The van der Waals surface area contributed by atoms with Crippen LogP contribution in [0.1, 0.15) is 22.4 Å². The zero-order valence-electron chi connectivity index (χ0n) is 22.5. The number of aromatic amines is 1. The SMILES string of the molecule is O=C(N[C@@H](Cc1cnc[nH]1)C(=O)N/N=C\c1c(OCc2ccc(Br)cc2)ccc2ccccc12)OCc1ccccc1. The van der Waals surface area contributed by atoms with Gasteiger partial charge in [0.15, 0.2) is 0 Å². The number of H-pyrrole nitrogens is 1. The Hall–Kier alpha value is -4.96. The van der Waals surface area contributed by atoms with Gasteiger partial charge < -0.3 is 19.8 Å². The summed E-state index contributed by atoms with van der Waals surface area (Å²) in [5, 5.41) is 8.79. The summed E-state index contributed by atoms with van der Waals surface area (Å²) in [7, 11) is 0. The van der Waals surface area contributed by atoms with Crippen LogP contribution in [-0.2, 0) is 29.2 Å². The van der Waals surface area contributed by atoms with Gasteiger partial charge in [0.05, 0.1) is 12.5 Å². The Morgan fingerprint density at radius 2 is 1.69 bits per heavy atom. The summed E-state index contributed by atoms with van der Waals surface area (Å²) >= 11 is 3.45. The van der Waals surface area contributed by atoms with Crippen molar-refractivity contribution >= 4 is 44.9 Å². The maximum Gasteiger partial charge on any atom is 0.408 e. The maximum atomic E-state index is 13.2. The molecule has 2 amide bonds. The molecule has 0 saturated carbocycles. The number of hydrazone groups is 1. The predicted octanol–water partition coefficient (Wildman–Crippen LogP) is 5.89. The van der Waals surface area contributed by atoms with Gasteiger partial charge in [-0.15, -0.1) is 0 Å². The first-order chi connectivity index (χ1) is 20.5. The van der Waals surface area contributed by atoms with Crippen LogP contribution in [0.25, 0.3) is 10.8 Å². The number of fused-ring (bicyclic) bond motifs is 1. The summed E-state index contributed by atoms with van der Waals surface area (Å²) in [5.74, 6) is 0.0984. The van der Waals surface area contributed by atoms with Crippen LogP contribution in [0.4, 0.5) is 4.79 Å². The van der Waals surface area contributed by atoms with E-state index in [4.69, 9.17) is 9.47 Å². The summed E-state index contributed by atoms with van der Waals surface area (Å²) in [6.07, 6.45) is 4.09. The van der Waals surface area contributed by atoms with E-state index < -0.39 is 18.0 Å². The number of aromatic nitrogens is 2. The molecule has 5 rings (SSSR count). The normalized spacial score (nSPS) is 11.7. The fourth-order valence-corrected chi connectivity index (χ4v) is 4.51. The standard InChI is InChI=1S/C32H28BrN5O4/c33-25-13-10-23(11-14-25)19-41-30-15-12-24-8-4-5-9-27(24)28(30)18-36-38-31(39)29(16-26-17-34-21-35-26)37-32(40)42-20-22-6-2-1-3-7-22/h1-15,17-18,21,29H,16,19-20H2,(H,34,35)(H,37,40)(H,38,39)/b36-18-/t29-/m0/s1. The van der Waals surface area contributed by atoms with Gasteiger partial charge in [-0.2, -0.15) is 5.10 Å². The lowest BCUT2D eigenvalue weighted by atomic mass is 10.0. The summed E-state index contributed by atoms with van der Waals surface area (Å²) < 4.78 is 12.5. The van der Waals surface area contributed by atoms with E-state index in [0.29, 0.717) is 23.6 Å². The Morgan fingerprint density at radius 3 is 2.48 bits per heavy atom. The molecule has 4 aromatic carbocycles. The number of hydrogen-bond acceptors (Lipinski definition) is 6. The molecule has 0 aliphatic carbocycles. The second-order valence-electron chi connectivity index (χ2n) is 9.39. The molecule has 212 valence electrons. The van der Waals surface area contributed by atoms with Crippen LogP contribution >= 0.6 is 15.9 Å². The van der Waals surface area contributed by atoms with Gasteiger partial charge in [0.2, 0.25) is 0 Å². The number of alkyl carbamates (subject to hydrolysis) is 1. The molecule has 0 fully saturated rings. The Morgan fingerprint density at radius 1 is 0.929 bits per heavy atom. The number of nitrogens with one attached hydrogen (secondary N) is 3. The van der Waals surface area contributed by atoms with Crippen molar-refractivity contribution in [1.29, 1.82) is 0 Å². The molecule has 3 N–H and O–H groups in total. The highest BCUT2D eigenvalue weighted by Gasteiger charge is 2.22. The third-order valence-electron chi connectivity index (χ3n) is 6.41. The molecule has 0 aliphatic heterocycles. The minimum absolute atomic E-state index is 0.0767. The molecule has 0 bridgehead atoms. The summed E-state index contributed by atoms with van der Waals surface area (Å²) in [5.41, 5.74) is 5.78. The largest absolute Gasteiger partial charge is 0.488 e. The number of carbonyl (C=O) groups excluding carboxylic acids is 2. The molecule has 0 spiro atoms. The van der Waals surface area contributed by atoms with Crippen LogP contribution < -0.4 is 15.5 Å². The molecule has 1 atom stereocenters. The first-order valence-corrected chi connectivity index (χ1v) is 14.0. The van der Waals surface area contributed by atoms with Crippen molar-refractivity contribution < 1.29 is 19.1 Å². The summed E-state index contributed by atoms with van der Waals surface area (Å²) in [6.45, 7) is 0.438. The monoisotopic (exact) mass is 625 g/mol. The lowest BCUT2D eigenvalue weighted by Crippen LogP contribution is -2.47. The van der Waals surface area contributed by atoms with E-state index >= 15 is 0 Å². The third kappa shape index (κ3) is 7.82. The average Bonchev–Trinajstić information content (AvgIpc) is 3.53. The Kier molecular flexibility index (Phi) is 9.58. The topological polar surface area (TPSA) is 118 Å². The minimum atomic E-state index is -0.966. The number of halogens is 1. The highest BCUT2D eigenvalue weighted by Crippen LogP contribution is 2.27. The quantitative estimate of drug-likeness (QED) is 0.125. The molecule has 10 heteroatoms. The smallest absolute Gasteiger partial charge is 0.408 e. The van der Waals surface area contributed by atoms with E-state index in [2.05, 4.69) is 41.7 Å². The van der Waals surface area contributed by atoms with Crippen molar-refractivity contribution in [3.05, 3.63) is 130 Å². The number of ether oxygens (including phenoxy) is 2. The van der Waals surface area contributed by atoms with E-state index in [9.17, 15) is 9.59 Å². The van der Waals surface area contributed by atoms with Gasteiger partial charge >= 0.3 is 6.09 Å². The predicted molar refractivity (Wildman–Crippen MR) is 164 cm³/mol. The van der Waals surface area contributed by atoms with Crippen LogP contribution in [0.15, 0.2) is 113 Å². The molecule has 1 heterocycles. The molecule has 1 aromatic heterocycles. The molecular weight excluding hydrogens is 598 g/mol. The molecular formula is C32H28BrN5O4. The second-order valence-corrected chi connectivity index (χ2v) is 10.3. The maximum absolute atomic E-state index is 13.2. The van der Waals surface area contributed by atoms with Gasteiger partial charge in [-0.05, 0) is 40.1 Å². The van der Waals surface area contributed by atoms with Gasteiger partial charge in [0.25, 0.3) is 5.91 Å². The number of rotatable bonds is 11. The number of amides is 2. The van der Waals surface area contributed by atoms with E-state index in [1.54, 1.807) is 12.4 Å². The van der Waals surface area contributed by atoms with Crippen molar-refractivity contribution in [2.75, 3.05) is 0 Å². The molecule has 9 nitrogen and oxygen atoms in total. The number of carbonyl (C=O) groups is 2. The molecule has 5 aromatic rings. The minimum Gasteiger partial charge on any atom is -0.488 e. The number of nitrogens with zero attached hydrogens (tertiary/aromatic N) is 2. The van der Waals surface area contributed by atoms with Crippen LogP contribution in [0, 0.1) is 0 Å². The Labute approximate surface area is 251 Å². The molecule has 0 saturated heterocycles. The van der Waals surface area contributed by atoms with Crippen molar-refractivity contribution in [1.82, 2.24) is 20.7 Å². The van der Waals surface area contributed by atoms with Crippen molar-refractivity contribution in [2.45, 2.75) is 25.7 Å². The Balaban J connectivity index is 1.29. The zero-order chi connectivity index (χ0) is 29.1. The number of hydrogen-bond donors (Lipinski definition) is 3. The number of benzene rings is 4. The lowest BCUT2D eigenvalue weighted by Gasteiger charge is -2.16. The fraction of sp³-hybridized carbons (Fsp3) is 0.125. The third-order valence-corrected chi connectivity index (χ3v) is 6.94. The van der Waals surface area contributed by atoms with Crippen LogP contribution in [0.5, 0.6) is 5.75 Å². The van der Waals surface area contributed by atoms with Crippen molar-refractivity contribution in [2.24, 2.45) is 5.10 Å². The van der Waals surface area contributed by atoms with Gasteiger partial charge in [-0.3, -0.25) is 4.79 Å². The summed E-state index contributed by atoms with van der Waals surface area (Å²) in [4.78, 5) is 32.7. The van der Waals surface area contributed by atoms with E-state index in [1.165, 1.54) is 6.33 Å². The van der Waals surface area contributed by atoms with E-state index in [-0.39, 0.29) is 13.0 Å². The average molecular weight is 627 g/mol. The lowest BCUT2D eigenvalue weighted by molar-refractivity contribution is -0.123. The van der Waals surface area contributed by atoms with Crippen molar-refractivity contribution in [3.8, 4) is 5.75 Å². The highest BCUT2D eigenvalue weighted by molar-refractivity contribution is 9.10. The van der Waals surface area contributed by atoms with Gasteiger partial charge in [-0.1, -0.05) is 88.7 Å². The van der Waals surface area contributed by atoms with E-state index in [0.717, 1.165) is 26.4 Å². The van der Waals surface area contributed by atoms with Crippen LogP contribution in [0.2, 0.25) is 0 Å². The molecule has 42 heavy (non-hydrogen) atoms. The van der Waals surface area contributed by atoms with Gasteiger partial charge in [0.1, 0.15) is 25.0 Å². The highest BCUT2D eigenvalue weighted by atomic mass is 79.9. The van der Waals surface area contributed by atoms with Gasteiger partial charge in [-0.25, -0.2) is 15.2 Å². The Bertz CT molecular complexity index is 1660. The first-order valence-electron chi connectivity index (χ1n) is 13.2. The summed E-state index contributed by atoms with van der Waals surface area (Å²) in [6, 6.07) is 27.9. The second kappa shape index (κ2) is 14.1. The fourth-order valence-electron chi connectivity index (χ4n) is 4.25. The molecule has 0 unspecified atom stereocenters. The molecule has 0 radical (unpaired) electrons. The van der Waals surface area contributed by atoms with Crippen LogP contribution in [0.3, 0.4) is 0 Å². The number of imidazole rings is 1. The first kappa shape index (κ1) is 28.6.